The molecule has 0 saturated heterocycles. The minimum atomic E-state index is 0.699. The van der Waals surface area contributed by atoms with Crippen molar-refractivity contribution in [2.45, 2.75) is 18.6 Å². The molecule has 2 N–H and O–H groups in total. The van der Waals surface area contributed by atoms with Crippen LogP contribution in [0.3, 0.4) is 0 Å². The first-order valence-corrected chi connectivity index (χ1v) is 6.46. The molecule has 0 saturated carbocycles. The van der Waals surface area contributed by atoms with Crippen LogP contribution >= 0.6 is 11.8 Å². The van der Waals surface area contributed by atoms with Crippen molar-refractivity contribution >= 4 is 23.4 Å². The highest BCUT2D eigenvalue weighted by Crippen LogP contribution is 2.11. The maximum atomic E-state index is 4.38. The van der Waals surface area contributed by atoms with Gasteiger partial charge in [0.15, 0.2) is 0 Å². The first-order chi connectivity index (χ1) is 7.26. The predicted octanol–water partition coefficient (Wildman–Crippen LogP) is 2.68. The van der Waals surface area contributed by atoms with E-state index in [9.17, 15) is 0 Å². The lowest BCUT2D eigenvalue weighted by atomic mass is 10.3. The molecule has 0 aliphatic rings. The topological polar surface area (TPSA) is 37.0 Å². The summed E-state index contributed by atoms with van der Waals surface area (Å²) in [6, 6.07) is 5.94. The number of rotatable bonds is 6. The number of nitrogens with one attached hydrogen (secondary N) is 2. The lowest BCUT2D eigenvalue weighted by molar-refractivity contribution is 0.850. The van der Waals surface area contributed by atoms with Gasteiger partial charge in [0.2, 0.25) is 0 Å². The molecule has 0 fully saturated rings. The van der Waals surface area contributed by atoms with Crippen molar-refractivity contribution in [1.82, 2.24) is 4.98 Å². The Bertz CT molecular complexity index is 291. The summed E-state index contributed by atoms with van der Waals surface area (Å²) in [4.78, 5) is 4.38. The Morgan fingerprint density at radius 2 is 2.13 bits per heavy atom. The molecule has 3 nitrogen and oxygen atoms in total. The molecule has 1 unspecified atom stereocenters. The third kappa shape index (κ3) is 4.42. The molecule has 4 heteroatoms. The van der Waals surface area contributed by atoms with Crippen LogP contribution in [0.25, 0.3) is 0 Å². The van der Waals surface area contributed by atoms with Crippen LogP contribution in [0.5, 0.6) is 0 Å². The third-order valence-corrected chi connectivity index (χ3v) is 3.31. The number of hydrogen-bond donors (Lipinski definition) is 2. The number of anilines is 2. The van der Waals surface area contributed by atoms with Gasteiger partial charge in [-0.15, -0.1) is 0 Å². The van der Waals surface area contributed by atoms with Gasteiger partial charge in [-0.3, -0.25) is 0 Å². The van der Waals surface area contributed by atoms with Gasteiger partial charge in [0.1, 0.15) is 11.6 Å². The van der Waals surface area contributed by atoms with Crippen molar-refractivity contribution in [3.8, 4) is 0 Å². The Balaban J connectivity index is 2.37. The minimum absolute atomic E-state index is 0.699. The van der Waals surface area contributed by atoms with Crippen molar-refractivity contribution < 1.29 is 0 Å². The van der Waals surface area contributed by atoms with Crippen molar-refractivity contribution in [3.63, 3.8) is 0 Å². The van der Waals surface area contributed by atoms with Gasteiger partial charge < -0.3 is 10.6 Å². The van der Waals surface area contributed by atoms with Gasteiger partial charge in [-0.05, 0) is 24.8 Å². The van der Waals surface area contributed by atoms with E-state index in [-0.39, 0.29) is 0 Å². The zero-order chi connectivity index (χ0) is 11.1. The predicted molar refractivity (Wildman–Crippen MR) is 69.9 cm³/mol. The summed E-state index contributed by atoms with van der Waals surface area (Å²) in [5, 5.41) is 7.04. The zero-order valence-corrected chi connectivity index (χ0v) is 10.4. The van der Waals surface area contributed by atoms with Gasteiger partial charge in [0.05, 0.1) is 0 Å². The van der Waals surface area contributed by atoms with Gasteiger partial charge >= 0.3 is 0 Å². The molecule has 15 heavy (non-hydrogen) atoms. The molecule has 1 rings (SSSR count). The van der Waals surface area contributed by atoms with E-state index in [0.29, 0.717) is 5.25 Å². The molecule has 0 radical (unpaired) electrons. The molecule has 1 aromatic rings. The Hall–Kier alpha value is -0.900. The van der Waals surface area contributed by atoms with Crippen LogP contribution in [0.4, 0.5) is 11.6 Å². The summed E-state index contributed by atoms with van der Waals surface area (Å²) in [5.74, 6) is 1.84. The van der Waals surface area contributed by atoms with Gasteiger partial charge in [-0.2, -0.15) is 11.8 Å². The van der Waals surface area contributed by atoms with Gasteiger partial charge in [-0.1, -0.05) is 13.0 Å². The molecule has 0 aliphatic heterocycles. The number of nitrogens with zero attached hydrogens (tertiary/aromatic N) is 1. The van der Waals surface area contributed by atoms with Crippen molar-refractivity contribution in [1.29, 1.82) is 0 Å². The lowest BCUT2D eigenvalue weighted by Gasteiger charge is -2.10. The Kier molecular flexibility index (Phi) is 5.32. The van der Waals surface area contributed by atoms with E-state index in [2.05, 4.69) is 28.8 Å². The fourth-order valence-electron chi connectivity index (χ4n) is 1.19. The number of thioether (sulfide) groups is 1. The fourth-order valence-corrected chi connectivity index (χ4v) is 1.55. The summed E-state index contributed by atoms with van der Waals surface area (Å²) in [5.41, 5.74) is 0. The molecule has 84 valence electrons. The molecule has 1 heterocycles. The van der Waals surface area contributed by atoms with Crippen LogP contribution < -0.4 is 10.6 Å². The lowest BCUT2D eigenvalue weighted by Crippen LogP contribution is -2.09. The van der Waals surface area contributed by atoms with E-state index in [0.717, 1.165) is 24.6 Å². The average Bonchev–Trinajstić information content (AvgIpc) is 2.29. The van der Waals surface area contributed by atoms with Crippen LogP contribution in [-0.2, 0) is 0 Å². The molecule has 1 aromatic heterocycles. The molecular formula is C11H19N3S. The monoisotopic (exact) mass is 225 g/mol. The van der Waals surface area contributed by atoms with Crippen molar-refractivity contribution in [2.24, 2.45) is 0 Å². The van der Waals surface area contributed by atoms with Gasteiger partial charge in [-0.25, -0.2) is 4.98 Å². The second kappa shape index (κ2) is 6.56. The fraction of sp³-hybridized carbons (Fsp3) is 0.545. The minimum Gasteiger partial charge on any atom is -0.373 e. The maximum Gasteiger partial charge on any atom is 0.128 e. The molecule has 0 amide bonds. The van der Waals surface area contributed by atoms with E-state index in [1.807, 2.05) is 37.0 Å². The van der Waals surface area contributed by atoms with E-state index < -0.39 is 0 Å². The van der Waals surface area contributed by atoms with Crippen LogP contribution in [0.15, 0.2) is 18.2 Å². The molecule has 0 bridgehead atoms. The Morgan fingerprint density at radius 3 is 2.80 bits per heavy atom. The summed E-state index contributed by atoms with van der Waals surface area (Å²) in [6.45, 7) is 3.21. The van der Waals surface area contributed by atoms with Crippen LogP contribution in [0.1, 0.15) is 13.3 Å². The first-order valence-electron chi connectivity index (χ1n) is 5.17. The van der Waals surface area contributed by atoms with E-state index in [1.165, 1.54) is 0 Å². The largest absolute Gasteiger partial charge is 0.373 e. The number of pyridine rings is 1. The molecular weight excluding hydrogens is 206 g/mol. The second-order valence-corrected chi connectivity index (χ2v) is 4.70. The Labute approximate surface area is 96.1 Å². The van der Waals surface area contributed by atoms with E-state index in [4.69, 9.17) is 0 Å². The molecule has 0 aliphatic carbocycles. The number of aromatic nitrogens is 1. The highest BCUT2D eigenvalue weighted by atomic mass is 32.2. The Morgan fingerprint density at radius 1 is 1.40 bits per heavy atom. The summed E-state index contributed by atoms with van der Waals surface area (Å²) >= 11 is 1.89. The van der Waals surface area contributed by atoms with Crippen molar-refractivity contribution in [3.05, 3.63) is 18.2 Å². The quantitative estimate of drug-likeness (QED) is 0.780. The standard InChI is InChI=1S/C11H19N3S/c1-9(15-3)7-8-13-11-6-4-5-10(12-2)14-11/h4-6,9H,7-8H2,1-3H3,(H2,12,13,14). The first kappa shape index (κ1) is 12.2. The normalized spacial score (nSPS) is 12.2. The van der Waals surface area contributed by atoms with E-state index in [1.54, 1.807) is 0 Å². The summed E-state index contributed by atoms with van der Waals surface area (Å²) in [7, 11) is 1.88. The maximum absolute atomic E-state index is 4.38. The molecule has 0 aromatic carbocycles. The zero-order valence-electron chi connectivity index (χ0n) is 9.58. The number of hydrogen-bond acceptors (Lipinski definition) is 4. The van der Waals surface area contributed by atoms with Crippen LogP contribution in [0, 0.1) is 0 Å². The highest BCUT2D eigenvalue weighted by Gasteiger charge is 1.99. The van der Waals surface area contributed by atoms with Gasteiger partial charge in [0, 0.05) is 18.8 Å². The third-order valence-electron chi connectivity index (χ3n) is 2.26. The van der Waals surface area contributed by atoms with Gasteiger partial charge in [0.25, 0.3) is 0 Å². The average molecular weight is 225 g/mol. The highest BCUT2D eigenvalue weighted by molar-refractivity contribution is 7.99. The second-order valence-electron chi connectivity index (χ2n) is 3.42. The van der Waals surface area contributed by atoms with Crippen LogP contribution in [0.2, 0.25) is 0 Å². The van der Waals surface area contributed by atoms with Crippen molar-refractivity contribution in [2.75, 3.05) is 30.5 Å². The van der Waals surface area contributed by atoms with E-state index >= 15 is 0 Å². The van der Waals surface area contributed by atoms with Crippen LogP contribution in [-0.4, -0.2) is 30.1 Å². The smallest absolute Gasteiger partial charge is 0.128 e. The summed E-state index contributed by atoms with van der Waals surface area (Å²) < 4.78 is 0. The molecule has 0 spiro atoms. The summed E-state index contributed by atoms with van der Waals surface area (Å²) in [6.07, 6.45) is 3.30. The molecule has 1 atom stereocenters. The SMILES string of the molecule is CNc1cccc(NCCC(C)SC)n1.